The molecule has 0 saturated carbocycles. The molecule has 1 fully saturated rings. The second kappa shape index (κ2) is 3.87. The van der Waals surface area contributed by atoms with Crippen LogP contribution in [-0.2, 0) is 9.53 Å². The fourth-order valence-corrected chi connectivity index (χ4v) is 2.37. The Morgan fingerprint density at radius 1 is 1.64 bits per heavy atom. The molecule has 0 aromatic rings. The summed E-state index contributed by atoms with van der Waals surface area (Å²) in [6, 6.07) is 0. The molecular weight excluding hydrogens is 227 g/mol. The van der Waals surface area contributed by atoms with E-state index >= 15 is 0 Å². The van der Waals surface area contributed by atoms with Crippen LogP contribution in [0.5, 0.6) is 0 Å². The molecule has 1 aliphatic rings. The summed E-state index contributed by atoms with van der Waals surface area (Å²) < 4.78 is 3.04. The first-order chi connectivity index (χ1) is 6.34. The highest BCUT2D eigenvalue weighted by Gasteiger charge is 2.56. The van der Waals surface area contributed by atoms with Crippen LogP contribution in [0.15, 0.2) is 0 Å². The Hall–Kier alpha value is 0.01000. The van der Waals surface area contributed by atoms with Crippen molar-refractivity contribution in [3.05, 3.63) is 0 Å². The van der Waals surface area contributed by atoms with Gasteiger partial charge < -0.3 is 9.84 Å². The van der Waals surface area contributed by atoms with Gasteiger partial charge in [-0.1, -0.05) is 43.5 Å². The minimum atomic E-state index is -1.83. The predicted octanol–water partition coefficient (Wildman–Crippen LogP) is 1.88. The molecule has 0 aromatic carbocycles. The lowest BCUT2D eigenvalue weighted by atomic mass is 9.77. The first kappa shape index (κ1) is 12.1. The minimum Gasteiger partial charge on any atom is -0.463 e. The average molecular weight is 241 g/mol. The van der Waals surface area contributed by atoms with E-state index in [4.69, 9.17) is 27.9 Å². The number of rotatable bonds is 2. The Bertz CT molecular complexity index is 242. The van der Waals surface area contributed by atoms with E-state index in [9.17, 15) is 9.90 Å². The molecule has 1 N–H and O–H groups in total. The molecule has 0 amide bonds. The number of esters is 1. The molecule has 0 radical (unpaired) electrons. The SMILES string of the molecule is CCC[C@]1(C)COC(=O)C(Cl)(Cl)[C@H]1O. The van der Waals surface area contributed by atoms with Crippen molar-refractivity contribution >= 4 is 29.2 Å². The van der Waals surface area contributed by atoms with Crippen LogP contribution < -0.4 is 0 Å². The summed E-state index contributed by atoms with van der Waals surface area (Å²) in [5, 5.41) is 9.89. The van der Waals surface area contributed by atoms with Crippen LogP contribution >= 0.6 is 23.2 Å². The maximum Gasteiger partial charge on any atom is 0.345 e. The van der Waals surface area contributed by atoms with Crippen molar-refractivity contribution in [3.63, 3.8) is 0 Å². The highest BCUT2D eigenvalue weighted by molar-refractivity contribution is 6.58. The molecule has 2 atom stereocenters. The quantitative estimate of drug-likeness (QED) is 0.593. The van der Waals surface area contributed by atoms with Gasteiger partial charge >= 0.3 is 5.97 Å². The maximum absolute atomic E-state index is 11.2. The first-order valence-corrected chi connectivity index (χ1v) is 5.33. The van der Waals surface area contributed by atoms with Crippen LogP contribution in [0.1, 0.15) is 26.7 Å². The number of cyclic esters (lactones) is 1. The normalized spacial score (nSPS) is 36.6. The number of hydrogen-bond donors (Lipinski definition) is 1. The smallest absolute Gasteiger partial charge is 0.345 e. The number of ether oxygens (including phenoxy) is 1. The molecular formula is C9H14Cl2O3. The van der Waals surface area contributed by atoms with Gasteiger partial charge in [-0.05, 0) is 6.42 Å². The highest BCUT2D eigenvalue weighted by atomic mass is 35.5. The Labute approximate surface area is 93.3 Å². The van der Waals surface area contributed by atoms with Gasteiger partial charge in [0.25, 0.3) is 0 Å². The largest absolute Gasteiger partial charge is 0.463 e. The molecule has 0 bridgehead atoms. The standard InChI is InChI=1S/C9H14Cl2O3/c1-3-4-8(2)5-14-7(13)9(10,11)6(8)12/h6,12H,3-5H2,1-2H3/t6-,8+/m0/s1. The summed E-state index contributed by atoms with van der Waals surface area (Å²) >= 11 is 11.5. The number of aliphatic hydroxyl groups is 1. The average Bonchev–Trinajstić information content (AvgIpc) is 2.11. The van der Waals surface area contributed by atoms with Crippen LogP contribution in [0.3, 0.4) is 0 Å². The molecule has 1 saturated heterocycles. The van der Waals surface area contributed by atoms with Crippen molar-refractivity contribution in [3.8, 4) is 0 Å². The second-order valence-corrected chi connectivity index (χ2v) is 5.39. The molecule has 1 aliphatic heterocycles. The van der Waals surface area contributed by atoms with Crippen molar-refractivity contribution < 1.29 is 14.6 Å². The van der Waals surface area contributed by atoms with Gasteiger partial charge in [0.15, 0.2) is 0 Å². The monoisotopic (exact) mass is 240 g/mol. The Morgan fingerprint density at radius 2 is 2.21 bits per heavy atom. The van der Waals surface area contributed by atoms with Crippen LogP contribution in [0, 0.1) is 5.41 Å². The van der Waals surface area contributed by atoms with Gasteiger partial charge in [-0.25, -0.2) is 4.79 Å². The molecule has 14 heavy (non-hydrogen) atoms. The fourth-order valence-electron chi connectivity index (χ4n) is 1.73. The summed E-state index contributed by atoms with van der Waals surface area (Å²) in [5.74, 6) is -0.762. The van der Waals surface area contributed by atoms with Gasteiger partial charge in [0.05, 0.1) is 6.61 Å². The minimum absolute atomic E-state index is 0.169. The van der Waals surface area contributed by atoms with Crippen molar-refractivity contribution in [1.82, 2.24) is 0 Å². The molecule has 0 aliphatic carbocycles. The van der Waals surface area contributed by atoms with Crippen molar-refractivity contribution in [1.29, 1.82) is 0 Å². The fraction of sp³-hybridized carbons (Fsp3) is 0.889. The van der Waals surface area contributed by atoms with E-state index < -0.39 is 21.8 Å². The van der Waals surface area contributed by atoms with Gasteiger partial charge in [0.2, 0.25) is 4.33 Å². The summed E-state index contributed by atoms with van der Waals surface area (Å²) in [4.78, 5) is 11.2. The van der Waals surface area contributed by atoms with Crippen molar-refractivity contribution in [2.75, 3.05) is 6.61 Å². The van der Waals surface area contributed by atoms with E-state index in [1.165, 1.54) is 0 Å². The number of aliphatic hydroxyl groups excluding tert-OH is 1. The van der Waals surface area contributed by atoms with Gasteiger partial charge in [-0.2, -0.15) is 0 Å². The zero-order valence-corrected chi connectivity index (χ0v) is 9.73. The molecule has 5 heteroatoms. The van der Waals surface area contributed by atoms with E-state index in [-0.39, 0.29) is 6.61 Å². The number of alkyl halides is 2. The van der Waals surface area contributed by atoms with E-state index in [1.807, 2.05) is 13.8 Å². The number of carbonyl (C=O) groups excluding carboxylic acids is 1. The zero-order chi connectivity index (χ0) is 11.0. The van der Waals surface area contributed by atoms with Crippen LogP contribution in [0.25, 0.3) is 0 Å². The number of hydrogen-bond acceptors (Lipinski definition) is 3. The molecule has 3 nitrogen and oxygen atoms in total. The van der Waals surface area contributed by atoms with Gasteiger partial charge in [-0.3, -0.25) is 0 Å². The third kappa shape index (κ3) is 1.86. The van der Waals surface area contributed by atoms with Gasteiger partial charge in [-0.15, -0.1) is 0 Å². The molecule has 1 heterocycles. The molecule has 0 unspecified atom stereocenters. The molecule has 0 spiro atoms. The molecule has 82 valence electrons. The zero-order valence-electron chi connectivity index (χ0n) is 8.22. The molecule has 1 rings (SSSR count). The lowest BCUT2D eigenvalue weighted by molar-refractivity contribution is -0.168. The predicted molar refractivity (Wildman–Crippen MR) is 54.4 cm³/mol. The van der Waals surface area contributed by atoms with Gasteiger partial charge in [0, 0.05) is 5.41 Å². The third-order valence-electron chi connectivity index (χ3n) is 2.63. The Morgan fingerprint density at radius 3 is 2.71 bits per heavy atom. The van der Waals surface area contributed by atoms with Crippen LogP contribution in [0.4, 0.5) is 0 Å². The summed E-state index contributed by atoms with van der Waals surface area (Å²) in [5.41, 5.74) is -0.549. The molecule has 0 aromatic heterocycles. The number of halogens is 2. The summed E-state index contributed by atoms with van der Waals surface area (Å²) in [6.07, 6.45) is 0.497. The summed E-state index contributed by atoms with van der Waals surface area (Å²) in [6.45, 7) is 3.97. The summed E-state index contributed by atoms with van der Waals surface area (Å²) in [7, 11) is 0. The third-order valence-corrected chi connectivity index (χ3v) is 3.35. The second-order valence-electron chi connectivity index (χ2n) is 4.01. The van der Waals surface area contributed by atoms with Crippen molar-refractivity contribution in [2.24, 2.45) is 5.41 Å². The highest BCUT2D eigenvalue weighted by Crippen LogP contribution is 2.44. The van der Waals surface area contributed by atoms with Crippen LogP contribution in [0.2, 0.25) is 0 Å². The van der Waals surface area contributed by atoms with Crippen molar-refractivity contribution in [2.45, 2.75) is 37.1 Å². The van der Waals surface area contributed by atoms with E-state index in [0.29, 0.717) is 6.42 Å². The first-order valence-electron chi connectivity index (χ1n) is 4.57. The van der Waals surface area contributed by atoms with Gasteiger partial charge in [0.1, 0.15) is 6.10 Å². The van der Waals surface area contributed by atoms with E-state index in [0.717, 1.165) is 6.42 Å². The lowest BCUT2D eigenvalue weighted by Crippen LogP contribution is -2.56. The number of carbonyl (C=O) groups is 1. The van der Waals surface area contributed by atoms with E-state index in [2.05, 4.69) is 0 Å². The topological polar surface area (TPSA) is 46.5 Å². The lowest BCUT2D eigenvalue weighted by Gasteiger charge is -2.43. The Kier molecular flexibility index (Phi) is 3.34. The van der Waals surface area contributed by atoms with Crippen LogP contribution in [-0.4, -0.2) is 28.1 Å². The van der Waals surface area contributed by atoms with E-state index in [1.54, 1.807) is 0 Å². The maximum atomic E-state index is 11.2. The Balaban J connectivity index is 2.89.